The van der Waals surface area contributed by atoms with E-state index in [4.69, 9.17) is 11.1 Å². The van der Waals surface area contributed by atoms with E-state index in [1.807, 2.05) is 0 Å². The van der Waals surface area contributed by atoms with Crippen LogP contribution in [0.1, 0.15) is 0 Å². The molecule has 9 heavy (non-hydrogen) atoms. The van der Waals surface area contributed by atoms with Gasteiger partial charge < -0.3 is 10.5 Å². The monoisotopic (exact) mass is 131 g/mol. The fourth-order valence-corrected chi connectivity index (χ4v) is 0.237. The van der Waals surface area contributed by atoms with Crippen LogP contribution < -0.4 is 5.73 Å². The number of hydrogen-bond acceptors (Lipinski definition) is 3. The van der Waals surface area contributed by atoms with Gasteiger partial charge in [0.25, 0.3) is 6.02 Å². The van der Waals surface area contributed by atoms with Crippen LogP contribution in [0, 0.1) is 5.41 Å². The van der Waals surface area contributed by atoms with E-state index in [0.717, 1.165) is 4.90 Å². The van der Waals surface area contributed by atoms with Gasteiger partial charge >= 0.3 is 6.03 Å². The highest BCUT2D eigenvalue weighted by Crippen LogP contribution is 1.82. The number of ether oxygens (including phenoxy) is 1. The second kappa shape index (κ2) is 2.91. The molecule has 52 valence electrons. The molecule has 0 aliphatic heterocycles. The Morgan fingerprint density at radius 2 is 2.22 bits per heavy atom. The van der Waals surface area contributed by atoms with Crippen LogP contribution in [0.15, 0.2) is 0 Å². The van der Waals surface area contributed by atoms with Gasteiger partial charge in [-0.2, -0.15) is 0 Å². The lowest BCUT2D eigenvalue weighted by atomic mass is 10.8. The summed E-state index contributed by atoms with van der Waals surface area (Å²) in [4.78, 5) is 11.1. The van der Waals surface area contributed by atoms with Gasteiger partial charge in [0.1, 0.15) is 0 Å². The summed E-state index contributed by atoms with van der Waals surface area (Å²) in [6, 6.07) is -0.968. The number of nitrogens with two attached hydrogens (primary N) is 1. The summed E-state index contributed by atoms with van der Waals surface area (Å²) in [6.07, 6.45) is 0. The molecule has 0 aromatic carbocycles. The Bertz CT molecular complexity index is 134. The Kier molecular flexibility index (Phi) is 2.50. The average molecular weight is 131 g/mol. The molecule has 0 heterocycles. The highest BCUT2D eigenvalue weighted by atomic mass is 16.5. The number of methoxy groups -OCH3 is 1. The smallest absolute Gasteiger partial charge is 0.322 e. The van der Waals surface area contributed by atoms with Crippen molar-refractivity contribution in [3.05, 3.63) is 0 Å². The number of carbonyl (C=O) groups excluding carboxylic acids is 1. The number of amides is 2. The molecule has 0 aliphatic carbocycles. The Hall–Kier alpha value is -1.26. The van der Waals surface area contributed by atoms with Gasteiger partial charge in [-0.3, -0.25) is 10.3 Å². The fraction of sp³-hybridized carbons (Fsp3) is 0.500. The molecule has 0 saturated heterocycles. The number of rotatable bonds is 0. The van der Waals surface area contributed by atoms with Gasteiger partial charge in [-0.15, -0.1) is 0 Å². The van der Waals surface area contributed by atoms with Crippen LogP contribution in [0.3, 0.4) is 0 Å². The average Bonchev–Trinajstić information content (AvgIpc) is 1.84. The Morgan fingerprint density at radius 3 is 2.33 bits per heavy atom. The number of primary amides is 1. The molecule has 0 aromatic heterocycles. The van der Waals surface area contributed by atoms with Crippen molar-refractivity contribution in [2.45, 2.75) is 0 Å². The van der Waals surface area contributed by atoms with Crippen molar-refractivity contribution in [3.8, 4) is 0 Å². The van der Waals surface area contributed by atoms with Crippen molar-refractivity contribution in [3.63, 3.8) is 0 Å². The maximum absolute atomic E-state index is 10.2. The van der Waals surface area contributed by atoms with Crippen molar-refractivity contribution in [2.75, 3.05) is 14.2 Å². The van der Waals surface area contributed by atoms with E-state index in [1.165, 1.54) is 14.2 Å². The summed E-state index contributed by atoms with van der Waals surface area (Å²) >= 11 is 0. The summed E-state index contributed by atoms with van der Waals surface area (Å²) in [5.41, 5.74) is 4.78. The van der Waals surface area contributed by atoms with Gasteiger partial charge in [-0.25, -0.2) is 4.79 Å². The molecule has 0 spiro atoms. The van der Waals surface area contributed by atoms with E-state index < -0.39 is 6.03 Å². The van der Waals surface area contributed by atoms with Crippen molar-refractivity contribution >= 4 is 12.1 Å². The second-order valence-corrected chi connectivity index (χ2v) is 1.41. The van der Waals surface area contributed by atoms with Gasteiger partial charge in [-0.05, 0) is 0 Å². The van der Waals surface area contributed by atoms with Crippen LogP contribution in [0.2, 0.25) is 0 Å². The molecule has 0 aromatic rings. The lowest BCUT2D eigenvalue weighted by molar-refractivity contribution is 0.224. The summed E-state index contributed by atoms with van der Waals surface area (Å²) < 4.78 is 4.38. The first kappa shape index (κ1) is 7.74. The van der Waals surface area contributed by atoms with Gasteiger partial charge in [0.05, 0.1) is 7.11 Å². The second-order valence-electron chi connectivity index (χ2n) is 1.41. The third-order valence-corrected chi connectivity index (χ3v) is 0.829. The standard InChI is InChI=1S/C4H9N3O2/c1-7(3(5)8)4(6)9-2/h6H,1-2H3,(H2,5,8). The minimum absolute atomic E-state index is 0.262. The molecule has 0 radical (unpaired) electrons. The minimum atomic E-state index is -0.707. The quantitative estimate of drug-likeness (QED) is 0.346. The minimum Gasteiger partial charge on any atom is -0.468 e. The van der Waals surface area contributed by atoms with Crippen molar-refractivity contribution in [2.24, 2.45) is 5.73 Å². The highest BCUT2D eigenvalue weighted by molar-refractivity contribution is 5.90. The summed E-state index contributed by atoms with van der Waals surface area (Å²) in [5.74, 6) is 0. The van der Waals surface area contributed by atoms with Crippen LogP contribution in [0.25, 0.3) is 0 Å². The molecule has 0 saturated carbocycles. The first-order valence-corrected chi connectivity index (χ1v) is 2.25. The lowest BCUT2D eigenvalue weighted by Gasteiger charge is -2.11. The molecule has 0 aliphatic rings. The van der Waals surface area contributed by atoms with Gasteiger partial charge in [0, 0.05) is 7.05 Å². The molecule has 5 heteroatoms. The molecule has 5 nitrogen and oxygen atoms in total. The van der Waals surface area contributed by atoms with Crippen molar-refractivity contribution in [1.82, 2.24) is 4.90 Å². The number of carbonyl (C=O) groups is 1. The number of urea groups is 1. The largest absolute Gasteiger partial charge is 0.468 e. The molecule has 0 bridgehead atoms. The zero-order valence-electron chi connectivity index (χ0n) is 5.34. The third kappa shape index (κ3) is 1.98. The van der Waals surface area contributed by atoms with E-state index in [9.17, 15) is 4.79 Å². The van der Waals surface area contributed by atoms with E-state index >= 15 is 0 Å². The Balaban J connectivity index is 3.88. The highest BCUT2D eigenvalue weighted by Gasteiger charge is 2.07. The van der Waals surface area contributed by atoms with E-state index in [-0.39, 0.29) is 6.02 Å². The number of amidine groups is 1. The van der Waals surface area contributed by atoms with Crippen LogP contribution >= 0.6 is 0 Å². The lowest BCUT2D eigenvalue weighted by Crippen LogP contribution is -2.37. The number of hydrogen-bond donors (Lipinski definition) is 2. The molecule has 0 unspecified atom stereocenters. The third-order valence-electron chi connectivity index (χ3n) is 0.829. The maximum atomic E-state index is 10.2. The number of nitrogens with one attached hydrogen (secondary N) is 1. The molecular weight excluding hydrogens is 122 g/mol. The van der Waals surface area contributed by atoms with Crippen LogP contribution in [0.5, 0.6) is 0 Å². The molecule has 0 fully saturated rings. The molecule has 0 atom stereocenters. The van der Waals surface area contributed by atoms with Gasteiger partial charge in [0.15, 0.2) is 0 Å². The summed E-state index contributed by atoms with van der Waals surface area (Å²) in [7, 11) is 2.65. The Morgan fingerprint density at radius 1 is 1.78 bits per heavy atom. The SMILES string of the molecule is COC(=N)N(C)C(N)=O. The predicted molar refractivity (Wildman–Crippen MR) is 32.1 cm³/mol. The van der Waals surface area contributed by atoms with Crippen LogP contribution in [0.4, 0.5) is 4.79 Å². The molecule has 2 amide bonds. The van der Waals surface area contributed by atoms with E-state index in [2.05, 4.69) is 4.74 Å². The number of nitrogens with zero attached hydrogens (tertiary/aromatic N) is 1. The first-order valence-electron chi connectivity index (χ1n) is 2.25. The maximum Gasteiger partial charge on any atom is 0.322 e. The Labute approximate surface area is 52.9 Å². The van der Waals surface area contributed by atoms with Gasteiger partial charge in [-0.1, -0.05) is 0 Å². The normalized spacial score (nSPS) is 8.22. The molecule has 3 N–H and O–H groups in total. The van der Waals surface area contributed by atoms with E-state index in [0.29, 0.717) is 0 Å². The van der Waals surface area contributed by atoms with Crippen molar-refractivity contribution < 1.29 is 9.53 Å². The fourth-order valence-electron chi connectivity index (χ4n) is 0.237. The van der Waals surface area contributed by atoms with Gasteiger partial charge in [0.2, 0.25) is 0 Å². The zero-order valence-corrected chi connectivity index (χ0v) is 5.34. The summed E-state index contributed by atoms with van der Waals surface area (Å²) in [5, 5.41) is 6.88. The van der Waals surface area contributed by atoms with Crippen LogP contribution in [-0.4, -0.2) is 31.1 Å². The predicted octanol–water partition coefficient (Wildman–Crippen LogP) is -0.422. The molecule has 0 rings (SSSR count). The first-order chi connectivity index (χ1) is 4.09. The van der Waals surface area contributed by atoms with E-state index in [1.54, 1.807) is 0 Å². The van der Waals surface area contributed by atoms with Crippen molar-refractivity contribution in [1.29, 1.82) is 5.41 Å². The summed E-state index contributed by atoms with van der Waals surface area (Å²) in [6.45, 7) is 0. The van der Waals surface area contributed by atoms with Crippen LogP contribution in [-0.2, 0) is 4.74 Å². The molecular formula is C4H9N3O2. The zero-order chi connectivity index (χ0) is 7.44. The topological polar surface area (TPSA) is 79.4 Å².